The molecule has 2 aromatic heterocycles. The lowest BCUT2D eigenvalue weighted by Crippen LogP contribution is -2.24. The maximum atomic E-state index is 11.5. The van der Waals surface area contributed by atoms with E-state index in [1.54, 1.807) is 0 Å². The third-order valence-corrected chi connectivity index (χ3v) is 2.18. The predicted octanol–water partition coefficient (Wildman–Crippen LogP) is -1.67. The fourth-order valence-electron chi connectivity index (χ4n) is 1.42. The highest BCUT2D eigenvalue weighted by Crippen LogP contribution is 2.05. The smallest absolute Gasteiger partial charge is 0.332 e. The number of fused-ring (bicyclic) bond motifs is 1. The Morgan fingerprint density at radius 1 is 1.65 bits per heavy atom. The molecule has 2 amide bonds. The van der Waals surface area contributed by atoms with Gasteiger partial charge in [-0.1, -0.05) is 0 Å². The summed E-state index contributed by atoms with van der Waals surface area (Å²) < 4.78 is 6.75. The Kier molecular flexibility index (Phi) is 3.91. The molecule has 11 heteroatoms. The van der Waals surface area contributed by atoms with Crippen LogP contribution in [0.4, 0.5) is 10.7 Å². The third-order valence-electron chi connectivity index (χ3n) is 2.18. The number of hydrogen-bond donors (Lipinski definition) is 4. The number of rotatable bonds is 5. The number of anilines is 1. The van der Waals surface area contributed by atoms with Crippen molar-refractivity contribution in [3.05, 3.63) is 16.7 Å². The average Bonchev–Trinajstić information content (AvgIpc) is 2.76. The Balaban J connectivity index is 1.99. The Bertz CT molecular complexity index is 703. The van der Waals surface area contributed by atoms with Gasteiger partial charge in [0.2, 0.25) is 5.95 Å². The number of nitrogens with zero attached hydrogens (tertiary/aromatic N) is 4. The molecule has 0 fully saturated rings. The zero-order chi connectivity index (χ0) is 14.5. The molecule has 106 valence electrons. The van der Waals surface area contributed by atoms with Crippen molar-refractivity contribution in [1.29, 1.82) is 0 Å². The van der Waals surface area contributed by atoms with Crippen molar-refractivity contribution in [2.45, 2.75) is 6.73 Å². The van der Waals surface area contributed by atoms with Crippen molar-refractivity contribution in [2.75, 3.05) is 12.3 Å². The number of urea groups is 1. The molecule has 6 N–H and O–H groups in total. The molecule has 0 aliphatic carbocycles. The van der Waals surface area contributed by atoms with E-state index in [2.05, 4.69) is 20.1 Å². The molecule has 0 bridgehead atoms. The number of hydrazone groups is 1. The van der Waals surface area contributed by atoms with E-state index in [9.17, 15) is 9.59 Å². The highest BCUT2D eigenvalue weighted by atomic mass is 16.5. The summed E-state index contributed by atoms with van der Waals surface area (Å²) in [4.78, 5) is 32.1. The fraction of sp³-hybridized carbons (Fsp3) is 0.222. The van der Waals surface area contributed by atoms with Gasteiger partial charge in [-0.2, -0.15) is 10.1 Å². The minimum atomic E-state index is -0.763. The van der Waals surface area contributed by atoms with Crippen molar-refractivity contribution >= 4 is 29.4 Å². The molecule has 20 heavy (non-hydrogen) atoms. The second kappa shape index (κ2) is 5.79. The van der Waals surface area contributed by atoms with E-state index < -0.39 is 11.6 Å². The topological polar surface area (TPSA) is 166 Å². The van der Waals surface area contributed by atoms with Gasteiger partial charge in [-0.05, 0) is 0 Å². The molecule has 2 rings (SSSR count). The second-order valence-electron chi connectivity index (χ2n) is 3.63. The van der Waals surface area contributed by atoms with Gasteiger partial charge in [0.05, 0.1) is 19.1 Å². The molecule has 0 saturated carbocycles. The maximum Gasteiger partial charge on any atom is 0.332 e. The molecule has 0 radical (unpaired) electrons. The van der Waals surface area contributed by atoms with E-state index in [-0.39, 0.29) is 24.8 Å². The number of aromatic nitrogens is 4. The second-order valence-corrected chi connectivity index (χ2v) is 3.63. The summed E-state index contributed by atoms with van der Waals surface area (Å²) in [6.45, 7) is 0.216. The number of nitrogens with two attached hydrogens (primary N) is 2. The van der Waals surface area contributed by atoms with Crippen LogP contribution in [0.5, 0.6) is 0 Å². The quantitative estimate of drug-likeness (QED) is 0.290. The molecular formula is C9H12N8O3. The van der Waals surface area contributed by atoms with Crippen LogP contribution < -0.4 is 22.5 Å². The standard InChI is InChI=1S/C9H12N8O3/c10-8-14-6-5(7(18)15-8)12-3-17(6)4-20-2-1-13-16-9(11)19/h1,3H,2,4H2,(H3,11,16,19)(H3,10,14,15,18). The number of amides is 2. The normalized spacial score (nSPS) is 11.2. The summed E-state index contributed by atoms with van der Waals surface area (Å²) in [7, 11) is 0. The van der Waals surface area contributed by atoms with Crippen LogP contribution in [-0.4, -0.2) is 38.4 Å². The summed E-state index contributed by atoms with van der Waals surface area (Å²) in [5.41, 5.74) is 12.4. The molecule has 0 aliphatic rings. The summed E-state index contributed by atoms with van der Waals surface area (Å²) in [6, 6.07) is -0.763. The number of imidazole rings is 1. The lowest BCUT2D eigenvalue weighted by molar-refractivity contribution is 0.112. The molecule has 2 heterocycles. The van der Waals surface area contributed by atoms with Gasteiger partial charge in [0, 0.05) is 0 Å². The number of aromatic amines is 1. The van der Waals surface area contributed by atoms with Crippen LogP contribution in [-0.2, 0) is 11.5 Å². The molecule has 0 saturated heterocycles. The first-order valence-corrected chi connectivity index (χ1v) is 5.43. The van der Waals surface area contributed by atoms with Crippen molar-refractivity contribution in [3.63, 3.8) is 0 Å². The zero-order valence-corrected chi connectivity index (χ0v) is 10.2. The van der Waals surface area contributed by atoms with Gasteiger partial charge in [-0.25, -0.2) is 15.2 Å². The van der Waals surface area contributed by atoms with Gasteiger partial charge < -0.3 is 16.2 Å². The molecule has 0 aromatic carbocycles. The fourth-order valence-corrected chi connectivity index (χ4v) is 1.42. The summed E-state index contributed by atoms with van der Waals surface area (Å²) in [6.07, 6.45) is 2.73. The number of carbonyl (C=O) groups is 1. The Morgan fingerprint density at radius 2 is 2.45 bits per heavy atom. The SMILES string of the molecule is NC(=O)NN=CCOCn1cnc2c(=O)[nH]c(N)nc21. The van der Waals surface area contributed by atoms with Gasteiger partial charge in [0.15, 0.2) is 11.2 Å². The average molecular weight is 280 g/mol. The highest BCUT2D eigenvalue weighted by Gasteiger charge is 2.08. The van der Waals surface area contributed by atoms with Crippen LogP contribution in [0.25, 0.3) is 11.2 Å². The zero-order valence-electron chi connectivity index (χ0n) is 10.2. The Morgan fingerprint density at radius 3 is 3.20 bits per heavy atom. The van der Waals surface area contributed by atoms with Gasteiger partial charge in [0.1, 0.15) is 6.73 Å². The summed E-state index contributed by atoms with van der Waals surface area (Å²) in [5.74, 6) is -0.00327. The van der Waals surface area contributed by atoms with Crippen molar-refractivity contribution in [1.82, 2.24) is 24.9 Å². The van der Waals surface area contributed by atoms with Crippen LogP contribution >= 0.6 is 0 Å². The van der Waals surface area contributed by atoms with Gasteiger partial charge in [-0.15, -0.1) is 0 Å². The summed E-state index contributed by atoms with van der Waals surface area (Å²) in [5, 5.41) is 3.49. The number of ether oxygens (including phenoxy) is 1. The molecule has 0 aliphatic heterocycles. The molecule has 11 nitrogen and oxygen atoms in total. The minimum absolute atomic E-state index is 0.00327. The predicted molar refractivity (Wildman–Crippen MR) is 69.7 cm³/mol. The van der Waals surface area contributed by atoms with E-state index >= 15 is 0 Å². The summed E-state index contributed by atoms with van der Waals surface area (Å²) >= 11 is 0. The highest BCUT2D eigenvalue weighted by molar-refractivity contribution is 5.73. The van der Waals surface area contributed by atoms with Crippen LogP contribution in [0, 0.1) is 0 Å². The van der Waals surface area contributed by atoms with Crippen molar-refractivity contribution < 1.29 is 9.53 Å². The molecule has 0 unspecified atom stereocenters. The van der Waals surface area contributed by atoms with Crippen molar-refractivity contribution in [3.8, 4) is 0 Å². The number of H-pyrrole nitrogens is 1. The van der Waals surface area contributed by atoms with Crippen LogP contribution in [0.3, 0.4) is 0 Å². The van der Waals surface area contributed by atoms with Gasteiger partial charge >= 0.3 is 6.03 Å². The third kappa shape index (κ3) is 3.08. The van der Waals surface area contributed by atoms with Gasteiger partial charge in [0.25, 0.3) is 5.56 Å². The minimum Gasteiger partial charge on any atom is -0.369 e. The van der Waals surface area contributed by atoms with Crippen LogP contribution in [0.15, 0.2) is 16.2 Å². The number of nitrogens with one attached hydrogen (secondary N) is 2. The van der Waals surface area contributed by atoms with Crippen LogP contribution in [0.1, 0.15) is 0 Å². The molecule has 0 atom stereocenters. The molecule has 2 aromatic rings. The van der Waals surface area contributed by atoms with E-state index in [0.29, 0.717) is 5.65 Å². The maximum absolute atomic E-state index is 11.5. The van der Waals surface area contributed by atoms with E-state index in [1.807, 2.05) is 5.43 Å². The number of hydrogen-bond acceptors (Lipinski definition) is 7. The number of primary amides is 1. The Hall–Kier alpha value is -2.95. The van der Waals surface area contributed by atoms with Gasteiger partial charge in [-0.3, -0.25) is 14.3 Å². The number of carbonyl (C=O) groups excluding carboxylic acids is 1. The van der Waals surface area contributed by atoms with Crippen LogP contribution in [0.2, 0.25) is 0 Å². The lowest BCUT2D eigenvalue weighted by atomic mass is 10.5. The molecular weight excluding hydrogens is 268 g/mol. The first-order valence-electron chi connectivity index (χ1n) is 5.43. The van der Waals surface area contributed by atoms with E-state index in [0.717, 1.165) is 0 Å². The van der Waals surface area contributed by atoms with Crippen molar-refractivity contribution in [2.24, 2.45) is 10.8 Å². The monoisotopic (exact) mass is 280 g/mol. The Labute approximate surface area is 111 Å². The largest absolute Gasteiger partial charge is 0.369 e. The number of nitrogen functional groups attached to an aromatic ring is 1. The lowest BCUT2D eigenvalue weighted by Gasteiger charge is -2.03. The van der Waals surface area contributed by atoms with E-state index in [4.69, 9.17) is 16.2 Å². The molecule has 0 spiro atoms. The first-order chi connectivity index (χ1) is 9.58. The van der Waals surface area contributed by atoms with E-state index in [1.165, 1.54) is 17.1 Å². The first kappa shape index (κ1) is 13.5.